The van der Waals surface area contributed by atoms with E-state index in [9.17, 15) is 18.4 Å². The number of carbonyl (C=O) groups excluding carboxylic acids is 2. The van der Waals surface area contributed by atoms with E-state index in [0.717, 1.165) is 17.8 Å². The highest BCUT2D eigenvalue weighted by Crippen LogP contribution is 2.31. The van der Waals surface area contributed by atoms with Crippen LogP contribution in [0.4, 0.5) is 8.78 Å². The second-order valence-corrected chi connectivity index (χ2v) is 6.06. The molecule has 1 aromatic rings. The summed E-state index contributed by atoms with van der Waals surface area (Å²) in [5.74, 6) is -3.68. The molecule has 0 spiro atoms. The molecule has 0 saturated carbocycles. The Labute approximate surface area is 142 Å². The zero-order valence-electron chi connectivity index (χ0n) is 13.3. The Bertz CT molecular complexity index is 664. The summed E-state index contributed by atoms with van der Waals surface area (Å²) in [7, 11) is 0. The van der Waals surface area contributed by atoms with E-state index in [1.54, 1.807) is 0 Å². The number of carbonyl (C=O) groups is 2. The van der Waals surface area contributed by atoms with E-state index < -0.39 is 34.3 Å². The SMILES string of the molecule is CCCOC(=O)C(CCC)Sc1cc(C(=O)N=[N+]=[N-])c(F)cc1F. The summed E-state index contributed by atoms with van der Waals surface area (Å²) < 4.78 is 32.7. The second-order valence-electron chi connectivity index (χ2n) is 4.82. The van der Waals surface area contributed by atoms with Gasteiger partial charge in [-0.15, -0.1) is 11.8 Å². The van der Waals surface area contributed by atoms with Crippen LogP contribution < -0.4 is 0 Å². The Morgan fingerprint density at radius 2 is 2.00 bits per heavy atom. The normalized spacial score (nSPS) is 11.5. The fraction of sp³-hybridized carbons (Fsp3) is 0.467. The number of ether oxygens (including phenoxy) is 1. The summed E-state index contributed by atoms with van der Waals surface area (Å²) in [6.07, 6.45) is 1.75. The van der Waals surface area contributed by atoms with Crippen LogP contribution in [0.25, 0.3) is 10.4 Å². The number of rotatable bonds is 8. The molecule has 1 aromatic carbocycles. The molecule has 1 atom stereocenters. The lowest BCUT2D eigenvalue weighted by Crippen LogP contribution is -2.21. The van der Waals surface area contributed by atoms with Crippen LogP contribution >= 0.6 is 11.8 Å². The van der Waals surface area contributed by atoms with Crippen LogP contribution in [0, 0.1) is 11.6 Å². The van der Waals surface area contributed by atoms with E-state index in [0.29, 0.717) is 25.3 Å². The Kier molecular flexibility index (Phi) is 8.21. The van der Waals surface area contributed by atoms with Gasteiger partial charge in [0.05, 0.1) is 12.2 Å². The van der Waals surface area contributed by atoms with Crippen molar-refractivity contribution in [2.75, 3.05) is 6.61 Å². The van der Waals surface area contributed by atoms with Gasteiger partial charge in [-0.2, -0.15) is 0 Å². The Balaban J connectivity index is 3.09. The van der Waals surface area contributed by atoms with Gasteiger partial charge in [0, 0.05) is 15.9 Å². The number of thioether (sulfide) groups is 1. The molecule has 0 saturated heterocycles. The number of benzene rings is 1. The van der Waals surface area contributed by atoms with Crippen molar-refractivity contribution in [2.45, 2.75) is 43.3 Å². The molecule has 0 radical (unpaired) electrons. The largest absolute Gasteiger partial charge is 0.465 e. The van der Waals surface area contributed by atoms with Crippen LogP contribution in [0.1, 0.15) is 43.5 Å². The van der Waals surface area contributed by atoms with Crippen LogP contribution in [-0.2, 0) is 9.53 Å². The Hall–Kier alpha value is -2.12. The topological polar surface area (TPSA) is 92.1 Å². The van der Waals surface area contributed by atoms with Crippen molar-refractivity contribution in [1.29, 1.82) is 0 Å². The zero-order chi connectivity index (χ0) is 18.1. The number of hydrogen-bond acceptors (Lipinski definition) is 4. The second kappa shape index (κ2) is 9.89. The first-order valence-corrected chi connectivity index (χ1v) is 8.24. The van der Waals surface area contributed by atoms with E-state index in [2.05, 4.69) is 10.0 Å². The minimum atomic E-state index is -1.16. The average molecular weight is 357 g/mol. The van der Waals surface area contributed by atoms with E-state index in [1.807, 2.05) is 13.8 Å². The van der Waals surface area contributed by atoms with Gasteiger partial charge in [-0.1, -0.05) is 20.3 Å². The number of hydrogen-bond donors (Lipinski definition) is 0. The molecule has 0 bridgehead atoms. The van der Waals surface area contributed by atoms with Gasteiger partial charge in [0.1, 0.15) is 16.9 Å². The van der Waals surface area contributed by atoms with Gasteiger partial charge in [0.2, 0.25) is 0 Å². The lowest BCUT2D eigenvalue weighted by molar-refractivity contribution is -0.143. The molecular formula is C15H17F2N3O3S. The summed E-state index contributed by atoms with van der Waals surface area (Å²) in [5, 5.41) is 2.12. The summed E-state index contributed by atoms with van der Waals surface area (Å²) in [6, 6.07) is 1.48. The monoisotopic (exact) mass is 357 g/mol. The number of esters is 1. The fourth-order valence-corrected chi connectivity index (χ4v) is 3.00. The molecule has 0 N–H and O–H groups in total. The van der Waals surface area contributed by atoms with Crippen LogP contribution in [0.3, 0.4) is 0 Å². The van der Waals surface area contributed by atoms with Gasteiger partial charge in [-0.05, 0) is 29.6 Å². The van der Waals surface area contributed by atoms with Crippen LogP contribution in [-0.4, -0.2) is 23.7 Å². The predicted molar refractivity (Wildman–Crippen MR) is 85.6 cm³/mol. The predicted octanol–water partition coefficient (Wildman–Crippen LogP) is 4.63. The molecule has 1 unspecified atom stereocenters. The van der Waals surface area contributed by atoms with Gasteiger partial charge in [-0.3, -0.25) is 9.59 Å². The van der Waals surface area contributed by atoms with Crippen molar-refractivity contribution in [2.24, 2.45) is 5.11 Å². The molecule has 0 fully saturated rings. The average Bonchev–Trinajstić information content (AvgIpc) is 2.54. The Morgan fingerprint density at radius 3 is 2.58 bits per heavy atom. The number of halogens is 2. The van der Waals surface area contributed by atoms with Crippen molar-refractivity contribution >= 4 is 23.6 Å². The molecule has 130 valence electrons. The van der Waals surface area contributed by atoms with Gasteiger partial charge in [0.25, 0.3) is 5.91 Å². The lowest BCUT2D eigenvalue weighted by Gasteiger charge is -2.15. The highest BCUT2D eigenvalue weighted by Gasteiger charge is 2.24. The molecule has 1 amide bonds. The van der Waals surface area contributed by atoms with Gasteiger partial charge in [-0.25, -0.2) is 8.78 Å². The minimum absolute atomic E-state index is 0.0835. The van der Waals surface area contributed by atoms with Crippen LogP contribution in [0.5, 0.6) is 0 Å². The fourth-order valence-electron chi connectivity index (χ4n) is 1.81. The van der Waals surface area contributed by atoms with E-state index >= 15 is 0 Å². The van der Waals surface area contributed by atoms with Crippen molar-refractivity contribution in [3.8, 4) is 0 Å². The maximum absolute atomic E-state index is 14.0. The molecule has 1 rings (SSSR count). The number of nitrogens with zero attached hydrogens (tertiary/aromatic N) is 3. The van der Waals surface area contributed by atoms with Gasteiger partial charge in [0.15, 0.2) is 0 Å². The van der Waals surface area contributed by atoms with Crippen molar-refractivity contribution in [1.82, 2.24) is 0 Å². The standard InChI is InChI=1S/C15H17F2N3O3S/c1-3-5-12(15(22)23-6-4-2)24-13-7-9(14(21)19-20-18)10(16)8-11(13)17/h7-8,12H,3-6H2,1-2H3. The molecule has 0 aliphatic rings. The molecule has 24 heavy (non-hydrogen) atoms. The Morgan fingerprint density at radius 1 is 1.29 bits per heavy atom. The molecule has 0 aliphatic heterocycles. The first-order valence-electron chi connectivity index (χ1n) is 7.36. The number of amides is 1. The molecule has 9 heteroatoms. The highest BCUT2D eigenvalue weighted by atomic mass is 32.2. The highest BCUT2D eigenvalue weighted by molar-refractivity contribution is 8.00. The first-order chi connectivity index (χ1) is 11.4. The first kappa shape index (κ1) is 19.9. The maximum atomic E-state index is 14.0. The summed E-state index contributed by atoms with van der Waals surface area (Å²) in [4.78, 5) is 25.8. The van der Waals surface area contributed by atoms with Gasteiger partial charge < -0.3 is 4.74 Å². The third-order valence-corrected chi connectivity index (χ3v) is 4.20. The lowest BCUT2D eigenvalue weighted by atomic mass is 10.2. The van der Waals surface area contributed by atoms with Crippen LogP contribution in [0.2, 0.25) is 0 Å². The summed E-state index contributed by atoms with van der Waals surface area (Å²) in [5.41, 5.74) is 7.71. The number of azide groups is 1. The van der Waals surface area contributed by atoms with Crippen molar-refractivity contribution in [3.63, 3.8) is 0 Å². The maximum Gasteiger partial charge on any atom is 0.319 e. The van der Waals surface area contributed by atoms with E-state index in [1.165, 1.54) is 0 Å². The van der Waals surface area contributed by atoms with Gasteiger partial charge >= 0.3 is 5.97 Å². The molecule has 6 nitrogen and oxygen atoms in total. The molecule has 0 aromatic heterocycles. The van der Waals surface area contributed by atoms with E-state index in [4.69, 9.17) is 10.3 Å². The summed E-state index contributed by atoms with van der Waals surface area (Å²) >= 11 is 0.854. The third-order valence-electron chi connectivity index (χ3n) is 2.92. The zero-order valence-corrected chi connectivity index (χ0v) is 14.1. The van der Waals surface area contributed by atoms with E-state index in [-0.39, 0.29) is 11.5 Å². The minimum Gasteiger partial charge on any atom is -0.465 e. The smallest absolute Gasteiger partial charge is 0.319 e. The van der Waals surface area contributed by atoms with Crippen molar-refractivity contribution in [3.05, 3.63) is 39.8 Å². The molecule has 0 aliphatic carbocycles. The molecular weight excluding hydrogens is 340 g/mol. The summed E-state index contributed by atoms with van der Waals surface area (Å²) in [6.45, 7) is 3.97. The van der Waals surface area contributed by atoms with Crippen molar-refractivity contribution < 1.29 is 23.1 Å². The van der Waals surface area contributed by atoms with Crippen LogP contribution in [0.15, 0.2) is 22.1 Å². The quantitative estimate of drug-likeness (QED) is 0.223. The third kappa shape index (κ3) is 5.50. The molecule has 0 heterocycles.